The minimum Gasteiger partial charge on any atom is -0.478 e. The van der Waals surface area contributed by atoms with Gasteiger partial charge in [-0.1, -0.05) is 0 Å². The predicted molar refractivity (Wildman–Crippen MR) is 101 cm³/mol. The highest BCUT2D eigenvalue weighted by atomic mass is 32.2. The molecule has 0 aliphatic rings. The van der Waals surface area contributed by atoms with E-state index < -0.39 is 11.9 Å². The van der Waals surface area contributed by atoms with Gasteiger partial charge in [0, 0.05) is 14.7 Å². The number of carboxylic acids is 2. The highest BCUT2D eigenvalue weighted by Gasteiger charge is 2.15. The molecule has 2 aromatic rings. The summed E-state index contributed by atoms with van der Waals surface area (Å²) in [6.07, 6.45) is 5.99. The van der Waals surface area contributed by atoms with Crippen molar-refractivity contribution in [2.75, 3.05) is 18.8 Å². The highest BCUT2D eigenvalue weighted by Crippen LogP contribution is 2.40. The molecule has 2 rings (SSSR count). The van der Waals surface area contributed by atoms with E-state index in [-0.39, 0.29) is 11.1 Å². The predicted octanol–water partition coefficient (Wildman–Crippen LogP) is 4.92. The van der Waals surface area contributed by atoms with Crippen molar-refractivity contribution >= 4 is 47.2 Å². The second kappa shape index (κ2) is 8.00. The van der Waals surface area contributed by atoms with Gasteiger partial charge in [0.1, 0.15) is 0 Å². The van der Waals surface area contributed by atoms with Gasteiger partial charge in [-0.2, -0.15) is 0 Å². The average molecular weight is 381 g/mol. The van der Waals surface area contributed by atoms with Crippen LogP contribution in [0.5, 0.6) is 0 Å². The Morgan fingerprint density at radius 1 is 0.708 bits per heavy atom. The van der Waals surface area contributed by atoms with Crippen LogP contribution in [0.25, 0.3) is 11.1 Å². The van der Waals surface area contributed by atoms with Crippen LogP contribution in [0.2, 0.25) is 0 Å². The normalized spacial score (nSPS) is 10.6. The number of rotatable bonds is 6. The topological polar surface area (TPSA) is 74.6 Å². The van der Waals surface area contributed by atoms with Gasteiger partial charge in [0.15, 0.2) is 0 Å². The van der Waals surface area contributed by atoms with Gasteiger partial charge in [-0.05, 0) is 60.2 Å². The molecule has 0 saturated heterocycles. The molecule has 2 N–H and O–H groups in total. The summed E-state index contributed by atoms with van der Waals surface area (Å²) < 4.78 is 0. The Labute approximate surface area is 153 Å². The summed E-state index contributed by atoms with van der Waals surface area (Å²) in [5.74, 6) is -2.29. The SMILES string of the molecule is CSc1cc(-c2cc(C(=O)O)cc(C(=O)O)c2)cc(SC)c1SC. The lowest BCUT2D eigenvalue weighted by Gasteiger charge is -2.14. The van der Waals surface area contributed by atoms with Crippen LogP contribution in [-0.4, -0.2) is 40.9 Å². The Morgan fingerprint density at radius 2 is 1.12 bits per heavy atom. The Bertz CT molecular complexity index is 745. The number of thioether (sulfide) groups is 3. The molecule has 0 aromatic heterocycles. The van der Waals surface area contributed by atoms with Crippen LogP contribution in [0, 0.1) is 0 Å². The zero-order chi connectivity index (χ0) is 17.9. The first kappa shape index (κ1) is 18.8. The quantitative estimate of drug-likeness (QED) is 0.689. The Kier molecular flexibility index (Phi) is 6.26. The van der Waals surface area contributed by atoms with Crippen molar-refractivity contribution in [1.82, 2.24) is 0 Å². The molecule has 0 heterocycles. The monoisotopic (exact) mass is 380 g/mol. The summed E-state index contributed by atoms with van der Waals surface area (Å²) in [4.78, 5) is 25.9. The van der Waals surface area contributed by atoms with Gasteiger partial charge in [0.05, 0.1) is 11.1 Å². The van der Waals surface area contributed by atoms with Gasteiger partial charge in [-0.25, -0.2) is 9.59 Å². The summed E-state index contributed by atoms with van der Waals surface area (Å²) >= 11 is 4.89. The maximum Gasteiger partial charge on any atom is 0.335 e. The van der Waals surface area contributed by atoms with Gasteiger partial charge in [-0.15, -0.1) is 35.3 Å². The van der Waals surface area contributed by atoms with Gasteiger partial charge in [-0.3, -0.25) is 0 Å². The van der Waals surface area contributed by atoms with Crippen LogP contribution in [0.15, 0.2) is 45.0 Å². The van der Waals surface area contributed by atoms with Crippen molar-refractivity contribution in [3.8, 4) is 11.1 Å². The molecule has 0 atom stereocenters. The van der Waals surface area contributed by atoms with Crippen LogP contribution in [0.4, 0.5) is 0 Å². The Hall–Kier alpha value is -1.57. The van der Waals surface area contributed by atoms with E-state index in [1.807, 2.05) is 30.9 Å². The second-order valence-corrected chi connectivity index (χ2v) is 7.34. The van der Waals surface area contributed by atoms with Crippen LogP contribution in [-0.2, 0) is 0 Å². The van der Waals surface area contributed by atoms with Crippen molar-refractivity contribution in [3.05, 3.63) is 41.5 Å². The minimum absolute atomic E-state index is 0.0322. The van der Waals surface area contributed by atoms with E-state index in [1.165, 1.54) is 23.1 Å². The van der Waals surface area contributed by atoms with Crippen molar-refractivity contribution in [1.29, 1.82) is 0 Å². The summed E-state index contributed by atoms with van der Waals surface area (Å²) in [5, 5.41) is 18.5. The molecular formula is C17H16O4S3. The van der Waals surface area contributed by atoms with E-state index >= 15 is 0 Å². The lowest BCUT2D eigenvalue weighted by Crippen LogP contribution is -2.03. The number of hydrogen-bond acceptors (Lipinski definition) is 5. The third kappa shape index (κ3) is 3.91. The second-order valence-electron chi connectivity index (χ2n) is 4.82. The van der Waals surface area contributed by atoms with Crippen molar-refractivity contribution in [2.45, 2.75) is 14.7 Å². The molecule has 0 bridgehead atoms. The van der Waals surface area contributed by atoms with Gasteiger partial charge in [0.25, 0.3) is 0 Å². The maximum atomic E-state index is 11.3. The molecule has 0 fully saturated rings. The van der Waals surface area contributed by atoms with Crippen LogP contribution >= 0.6 is 35.3 Å². The molecule has 0 aliphatic heterocycles. The number of aromatic carboxylic acids is 2. The van der Waals surface area contributed by atoms with E-state index in [0.717, 1.165) is 15.4 Å². The summed E-state index contributed by atoms with van der Waals surface area (Å²) in [7, 11) is 0. The Balaban J connectivity index is 2.71. The minimum atomic E-state index is -1.14. The van der Waals surface area contributed by atoms with Crippen molar-refractivity contribution < 1.29 is 19.8 Å². The highest BCUT2D eigenvalue weighted by molar-refractivity contribution is 8.03. The summed E-state index contributed by atoms with van der Waals surface area (Å²) in [6.45, 7) is 0. The van der Waals surface area contributed by atoms with E-state index in [1.54, 1.807) is 35.3 Å². The van der Waals surface area contributed by atoms with Gasteiger partial charge < -0.3 is 10.2 Å². The van der Waals surface area contributed by atoms with E-state index in [4.69, 9.17) is 0 Å². The molecule has 4 nitrogen and oxygen atoms in total. The first-order valence-electron chi connectivity index (χ1n) is 6.83. The molecule has 2 aromatic carbocycles. The lowest BCUT2D eigenvalue weighted by atomic mass is 9.99. The third-order valence-corrected chi connectivity index (χ3v) is 6.06. The molecule has 0 spiro atoms. The van der Waals surface area contributed by atoms with Gasteiger partial charge >= 0.3 is 11.9 Å². The zero-order valence-electron chi connectivity index (χ0n) is 13.3. The lowest BCUT2D eigenvalue weighted by molar-refractivity contribution is 0.0696. The number of carboxylic acid groups (broad SMARTS) is 2. The number of benzene rings is 2. The fraction of sp³-hybridized carbons (Fsp3) is 0.176. The fourth-order valence-corrected chi connectivity index (χ4v) is 4.95. The van der Waals surface area contributed by atoms with E-state index in [0.29, 0.717) is 5.56 Å². The Morgan fingerprint density at radius 3 is 1.46 bits per heavy atom. The molecule has 0 saturated carbocycles. The molecule has 0 amide bonds. The average Bonchev–Trinajstić information content (AvgIpc) is 2.59. The molecule has 0 aliphatic carbocycles. The third-order valence-electron chi connectivity index (χ3n) is 3.42. The molecule has 7 heteroatoms. The summed E-state index contributed by atoms with van der Waals surface area (Å²) in [5.41, 5.74) is 1.34. The van der Waals surface area contributed by atoms with Crippen LogP contribution in [0.1, 0.15) is 20.7 Å². The zero-order valence-corrected chi connectivity index (χ0v) is 15.8. The molecule has 126 valence electrons. The first-order chi connectivity index (χ1) is 11.4. The van der Waals surface area contributed by atoms with E-state index in [9.17, 15) is 19.8 Å². The van der Waals surface area contributed by atoms with Crippen LogP contribution in [0.3, 0.4) is 0 Å². The first-order valence-corrected chi connectivity index (χ1v) is 10.5. The standard InChI is InChI=1S/C17H16O4S3/c1-22-13-7-10(8-14(23-2)15(13)24-3)9-4-11(16(18)19)6-12(5-9)17(20)21/h4-8H,1-3H3,(H,18,19)(H,20,21). The van der Waals surface area contributed by atoms with Gasteiger partial charge in [0.2, 0.25) is 0 Å². The molecule has 24 heavy (non-hydrogen) atoms. The maximum absolute atomic E-state index is 11.3. The van der Waals surface area contributed by atoms with Crippen LogP contribution < -0.4 is 0 Å². The number of carbonyl (C=O) groups is 2. The fourth-order valence-electron chi connectivity index (χ4n) is 2.29. The summed E-state index contributed by atoms with van der Waals surface area (Å²) in [6, 6.07) is 8.15. The largest absolute Gasteiger partial charge is 0.478 e. The molecule has 0 unspecified atom stereocenters. The van der Waals surface area contributed by atoms with Crippen molar-refractivity contribution in [3.63, 3.8) is 0 Å². The van der Waals surface area contributed by atoms with Crippen molar-refractivity contribution in [2.24, 2.45) is 0 Å². The molecular weight excluding hydrogens is 364 g/mol. The van der Waals surface area contributed by atoms with E-state index in [2.05, 4.69) is 0 Å². The number of hydrogen-bond donors (Lipinski definition) is 2. The smallest absolute Gasteiger partial charge is 0.335 e. The molecule has 0 radical (unpaired) electrons.